The van der Waals surface area contributed by atoms with E-state index in [9.17, 15) is 19.2 Å². The van der Waals surface area contributed by atoms with Gasteiger partial charge in [0.2, 0.25) is 11.8 Å². The molecule has 61 heavy (non-hydrogen) atoms. The number of nitrogens with zero attached hydrogens (tertiary/aromatic N) is 8. The average Bonchev–Trinajstić information content (AvgIpc) is 3.80. The van der Waals surface area contributed by atoms with Gasteiger partial charge in [-0.2, -0.15) is 5.10 Å². The minimum Gasteiger partial charge on any atom is -0.457 e. The van der Waals surface area contributed by atoms with Gasteiger partial charge in [0.15, 0.2) is 5.65 Å². The summed E-state index contributed by atoms with van der Waals surface area (Å²) in [5.74, 6) is 0.665. The van der Waals surface area contributed by atoms with Crippen LogP contribution in [0.2, 0.25) is 0 Å². The second kappa shape index (κ2) is 16.3. The molecule has 15 nitrogen and oxygen atoms in total. The zero-order chi connectivity index (χ0) is 41.6. The molecular weight excluding hydrogens is 773 g/mol. The zero-order valence-corrected chi connectivity index (χ0v) is 34.1. The highest BCUT2D eigenvalue weighted by Gasteiger charge is 2.45. The summed E-state index contributed by atoms with van der Waals surface area (Å²) >= 11 is 0. The molecule has 1 atom stereocenters. The quantitative estimate of drug-likeness (QED) is 0.185. The molecule has 5 aliphatic rings. The molecule has 5 aliphatic heterocycles. The number of hydrogen-bond acceptors (Lipinski definition) is 12. The number of anilines is 2. The first-order valence-corrected chi connectivity index (χ1v) is 21.7. The molecule has 7 heterocycles. The van der Waals surface area contributed by atoms with E-state index in [1.807, 2.05) is 60.7 Å². The molecule has 4 fully saturated rings. The number of carbonyl (C=O) groups excluding carboxylic acids is 4. The Bertz CT molecular complexity index is 2470. The summed E-state index contributed by atoms with van der Waals surface area (Å²) in [6.45, 7) is 7.12. The number of amides is 4. The van der Waals surface area contributed by atoms with E-state index in [0.29, 0.717) is 28.9 Å². The molecule has 3 aromatic carbocycles. The Morgan fingerprint density at radius 3 is 2.16 bits per heavy atom. The first-order valence-electron chi connectivity index (χ1n) is 21.7. The van der Waals surface area contributed by atoms with Crippen molar-refractivity contribution in [3.05, 3.63) is 90.3 Å². The normalized spacial score (nSPS) is 21.3. The summed E-state index contributed by atoms with van der Waals surface area (Å²) in [7, 11) is 0. The number of ether oxygens (including phenoxy) is 1. The fourth-order valence-corrected chi connectivity index (χ4v) is 10.1. The van der Waals surface area contributed by atoms with Gasteiger partial charge < -0.3 is 25.2 Å². The lowest BCUT2D eigenvalue weighted by Crippen LogP contribution is -2.54. The van der Waals surface area contributed by atoms with E-state index in [4.69, 9.17) is 15.6 Å². The van der Waals surface area contributed by atoms with Crippen LogP contribution in [0.1, 0.15) is 78.1 Å². The van der Waals surface area contributed by atoms with Crippen molar-refractivity contribution in [1.82, 2.24) is 39.8 Å². The number of benzene rings is 3. The summed E-state index contributed by atoms with van der Waals surface area (Å²) in [5, 5.41) is 8.19. The molecule has 0 saturated carbocycles. The van der Waals surface area contributed by atoms with Gasteiger partial charge >= 0.3 is 0 Å². The third-order valence-electron chi connectivity index (χ3n) is 13.5. The number of imide groups is 2. The Morgan fingerprint density at radius 2 is 1.43 bits per heavy atom. The third kappa shape index (κ3) is 7.61. The number of para-hydroxylation sites is 1. The first-order chi connectivity index (χ1) is 29.8. The van der Waals surface area contributed by atoms with Crippen molar-refractivity contribution in [3.8, 4) is 22.8 Å². The van der Waals surface area contributed by atoms with E-state index < -0.39 is 23.8 Å². The van der Waals surface area contributed by atoms with Crippen LogP contribution < -0.4 is 20.7 Å². The van der Waals surface area contributed by atoms with Crippen molar-refractivity contribution in [2.75, 3.05) is 56.4 Å². The Morgan fingerprint density at radius 1 is 0.721 bits per heavy atom. The van der Waals surface area contributed by atoms with Crippen LogP contribution in [0.25, 0.3) is 22.3 Å². The molecule has 5 aromatic rings. The highest BCUT2D eigenvalue weighted by molar-refractivity contribution is 6.23. The molecule has 0 aliphatic carbocycles. The lowest BCUT2D eigenvalue weighted by molar-refractivity contribution is -0.136. The van der Waals surface area contributed by atoms with Crippen LogP contribution >= 0.6 is 0 Å². The standard InChI is InChI=1S/C46H50N10O5/c47-42-40-41(30-6-9-35(10-7-30)61-34-4-2-1-3-5-34)51-56(43(40)49-28-48-42)32-18-24-53(25-19-32)31-16-20-52(21-17-31)27-29-14-22-54(23-15-29)33-8-11-36-37(26-33)46(60)55(45(36)59)38-12-13-39(57)50-44(38)58/h1-11,26,28-29,31-32,38H,12-25,27H2,(H2,47,48,49)(H,50,57,58)/t38-/m0/s1. The monoisotopic (exact) mass is 822 g/mol. The van der Waals surface area contributed by atoms with E-state index in [1.165, 1.54) is 19.2 Å². The first kappa shape index (κ1) is 39.0. The summed E-state index contributed by atoms with van der Waals surface area (Å²) in [5.41, 5.74) is 10.5. The number of likely N-dealkylation sites (tertiary alicyclic amines) is 2. The van der Waals surface area contributed by atoms with Crippen molar-refractivity contribution in [1.29, 1.82) is 0 Å². The zero-order valence-electron chi connectivity index (χ0n) is 34.1. The minimum atomic E-state index is -0.959. The summed E-state index contributed by atoms with van der Waals surface area (Å²) < 4.78 is 8.11. The lowest BCUT2D eigenvalue weighted by atomic mass is 9.93. The van der Waals surface area contributed by atoms with Gasteiger partial charge in [-0.25, -0.2) is 14.6 Å². The summed E-state index contributed by atoms with van der Waals surface area (Å²) in [4.78, 5) is 68.4. The summed E-state index contributed by atoms with van der Waals surface area (Å²) in [6, 6.07) is 22.9. The van der Waals surface area contributed by atoms with Crippen LogP contribution in [0.4, 0.5) is 11.5 Å². The van der Waals surface area contributed by atoms with Crippen LogP contribution in [-0.4, -0.2) is 116 Å². The Balaban J connectivity index is 0.703. The average molecular weight is 823 g/mol. The van der Waals surface area contributed by atoms with Gasteiger partial charge in [-0.1, -0.05) is 18.2 Å². The second-order valence-corrected chi connectivity index (χ2v) is 17.1. The number of rotatable bonds is 9. The maximum absolute atomic E-state index is 13.4. The maximum Gasteiger partial charge on any atom is 0.262 e. The largest absolute Gasteiger partial charge is 0.457 e. The smallest absolute Gasteiger partial charge is 0.262 e. The fraction of sp³-hybridized carbons (Fsp3) is 0.413. The molecule has 2 aromatic heterocycles. The van der Waals surface area contributed by atoms with Crippen LogP contribution in [0.15, 0.2) is 79.1 Å². The van der Waals surface area contributed by atoms with Gasteiger partial charge in [-0.15, -0.1) is 0 Å². The van der Waals surface area contributed by atoms with Crippen LogP contribution in [0.3, 0.4) is 0 Å². The van der Waals surface area contributed by atoms with Gasteiger partial charge in [0, 0.05) is 56.4 Å². The number of nitrogens with one attached hydrogen (secondary N) is 1. The number of fused-ring (bicyclic) bond motifs is 2. The predicted octanol–water partition coefficient (Wildman–Crippen LogP) is 5.29. The molecule has 15 heteroatoms. The number of aromatic nitrogens is 4. The molecule has 4 amide bonds. The molecule has 10 rings (SSSR count). The number of hydrogen-bond donors (Lipinski definition) is 2. The van der Waals surface area contributed by atoms with E-state index in [2.05, 4.69) is 34.7 Å². The molecular formula is C46H50N10O5. The summed E-state index contributed by atoms with van der Waals surface area (Å²) in [6.07, 6.45) is 8.24. The molecule has 314 valence electrons. The van der Waals surface area contributed by atoms with Crippen LogP contribution in [0, 0.1) is 5.92 Å². The van der Waals surface area contributed by atoms with Crippen molar-refractivity contribution >= 4 is 46.2 Å². The van der Waals surface area contributed by atoms with Gasteiger partial charge in [0.25, 0.3) is 11.8 Å². The van der Waals surface area contributed by atoms with E-state index in [0.717, 1.165) is 116 Å². The SMILES string of the molecule is Nc1ncnc2c1c(-c1ccc(Oc3ccccc3)cc1)nn2C1CCN(C2CCN(CC3CCN(c4ccc5c(c4)C(=O)N([C@H]4CCC(=O)NC4=O)C5=O)CC3)CC2)CC1. The lowest BCUT2D eigenvalue weighted by Gasteiger charge is -2.43. The van der Waals surface area contributed by atoms with Crippen molar-refractivity contribution in [3.63, 3.8) is 0 Å². The molecule has 3 N–H and O–H groups in total. The molecule has 0 spiro atoms. The number of nitrogen functional groups attached to an aromatic ring is 1. The molecule has 0 bridgehead atoms. The van der Waals surface area contributed by atoms with Crippen molar-refractivity contribution in [2.45, 2.75) is 69.5 Å². The fourth-order valence-electron chi connectivity index (χ4n) is 10.1. The minimum absolute atomic E-state index is 0.103. The molecule has 0 radical (unpaired) electrons. The highest BCUT2D eigenvalue weighted by atomic mass is 16.5. The van der Waals surface area contributed by atoms with Crippen molar-refractivity contribution in [2.24, 2.45) is 5.92 Å². The van der Waals surface area contributed by atoms with Crippen LogP contribution in [-0.2, 0) is 9.59 Å². The highest BCUT2D eigenvalue weighted by Crippen LogP contribution is 2.37. The topological polar surface area (TPSA) is 172 Å². The third-order valence-corrected chi connectivity index (χ3v) is 13.5. The van der Waals surface area contributed by atoms with Gasteiger partial charge in [-0.3, -0.25) is 29.4 Å². The molecule has 0 unspecified atom stereocenters. The van der Waals surface area contributed by atoms with Gasteiger partial charge in [0.05, 0.1) is 22.6 Å². The number of carbonyl (C=O) groups is 4. The Kier molecular flexibility index (Phi) is 10.4. The van der Waals surface area contributed by atoms with E-state index in [-0.39, 0.29) is 24.8 Å². The number of piperidine rings is 4. The van der Waals surface area contributed by atoms with Gasteiger partial charge in [0.1, 0.15) is 35.4 Å². The van der Waals surface area contributed by atoms with E-state index >= 15 is 0 Å². The Hall–Kier alpha value is -6.19. The van der Waals surface area contributed by atoms with Crippen molar-refractivity contribution < 1.29 is 23.9 Å². The van der Waals surface area contributed by atoms with Crippen LogP contribution in [0.5, 0.6) is 11.5 Å². The predicted molar refractivity (Wildman–Crippen MR) is 229 cm³/mol. The van der Waals surface area contributed by atoms with Gasteiger partial charge in [-0.05, 0) is 119 Å². The van der Waals surface area contributed by atoms with E-state index in [1.54, 1.807) is 12.1 Å². The number of nitrogens with two attached hydrogens (primary N) is 1. The second-order valence-electron chi connectivity index (χ2n) is 17.1. The maximum atomic E-state index is 13.4. The Labute approximate surface area is 353 Å². The molecule has 4 saturated heterocycles.